The molecule has 2 N–H and O–H groups in total. The van der Waals surface area contributed by atoms with E-state index in [2.05, 4.69) is 4.90 Å². The summed E-state index contributed by atoms with van der Waals surface area (Å²) in [6.45, 7) is 1.59. The lowest BCUT2D eigenvalue weighted by molar-refractivity contribution is -0.134. The molecule has 0 aliphatic carbocycles. The van der Waals surface area contributed by atoms with Gasteiger partial charge in [0.15, 0.2) is 0 Å². The first-order valence-electron chi connectivity index (χ1n) is 6.33. The number of amides is 1. The van der Waals surface area contributed by atoms with Crippen LogP contribution in [-0.4, -0.2) is 29.9 Å². The minimum atomic E-state index is 0.269. The minimum absolute atomic E-state index is 0.269. The first kappa shape index (κ1) is 12.6. The Balaban J connectivity index is 1.96. The smallest absolute Gasteiger partial charge is 0.228 e. The van der Waals surface area contributed by atoms with Gasteiger partial charge in [0.1, 0.15) is 0 Å². The number of hydrogen-bond donors (Lipinski definition) is 1. The SMILES string of the molecule is NCCC1CCCCN1C(=O)Cc1cccs1. The molecule has 1 amide bonds. The van der Waals surface area contributed by atoms with Crippen LogP contribution in [-0.2, 0) is 11.2 Å². The van der Waals surface area contributed by atoms with Gasteiger partial charge in [-0.25, -0.2) is 0 Å². The van der Waals surface area contributed by atoms with Crippen LogP contribution in [0, 0.1) is 0 Å². The van der Waals surface area contributed by atoms with Crippen LogP contribution in [0.3, 0.4) is 0 Å². The van der Waals surface area contributed by atoms with Crippen molar-refractivity contribution in [3.05, 3.63) is 22.4 Å². The molecule has 2 rings (SSSR count). The van der Waals surface area contributed by atoms with E-state index in [0.29, 0.717) is 19.0 Å². The van der Waals surface area contributed by atoms with Crippen molar-refractivity contribution < 1.29 is 4.79 Å². The van der Waals surface area contributed by atoms with E-state index in [4.69, 9.17) is 5.73 Å². The highest BCUT2D eigenvalue weighted by Gasteiger charge is 2.25. The zero-order valence-electron chi connectivity index (χ0n) is 10.1. The fourth-order valence-corrected chi connectivity index (χ4v) is 3.18. The lowest BCUT2D eigenvalue weighted by Gasteiger charge is -2.35. The monoisotopic (exact) mass is 252 g/mol. The van der Waals surface area contributed by atoms with Crippen LogP contribution in [0.25, 0.3) is 0 Å². The fraction of sp³-hybridized carbons (Fsp3) is 0.615. The molecule has 1 fully saturated rings. The molecule has 1 aromatic rings. The normalized spacial score (nSPS) is 20.5. The topological polar surface area (TPSA) is 46.3 Å². The largest absolute Gasteiger partial charge is 0.339 e. The van der Waals surface area contributed by atoms with Crippen molar-refractivity contribution in [2.24, 2.45) is 5.73 Å². The van der Waals surface area contributed by atoms with Crippen molar-refractivity contribution in [2.45, 2.75) is 38.1 Å². The summed E-state index contributed by atoms with van der Waals surface area (Å²) in [4.78, 5) is 15.5. The molecule has 0 radical (unpaired) electrons. The number of nitrogens with zero attached hydrogens (tertiary/aromatic N) is 1. The van der Waals surface area contributed by atoms with E-state index in [9.17, 15) is 4.79 Å². The molecule has 17 heavy (non-hydrogen) atoms. The quantitative estimate of drug-likeness (QED) is 0.891. The molecule has 0 bridgehead atoms. The van der Waals surface area contributed by atoms with E-state index in [1.165, 1.54) is 6.42 Å². The first-order chi connectivity index (χ1) is 8.31. The van der Waals surface area contributed by atoms with Crippen molar-refractivity contribution in [1.82, 2.24) is 4.90 Å². The Hall–Kier alpha value is -0.870. The van der Waals surface area contributed by atoms with Gasteiger partial charge in [0.05, 0.1) is 6.42 Å². The van der Waals surface area contributed by atoms with Crippen LogP contribution in [0.1, 0.15) is 30.6 Å². The number of hydrogen-bond acceptors (Lipinski definition) is 3. The summed E-state index contributed by atoms with van der Waals surface area (Å²) < 4.78 is 0. The summed E-state index contributed by atoms with van der Waals surface area (Å²) in [6.07, 6.45) is 4.98. The van der Waals surface area contributed by atoms with Crippen LogP contribution >= 0.6 is 11.3 Å². The second kappa shape index (κ2) is 6.17. The number of carbonyl (C=O) groups excluding carboxylic acids is 1. The van der Waals surface area contributed by atoms with Crippen LogP contribution in [0.4, 0.5) is 0 Å². The Labute approximate surface area is 107 Å². The number of rotatable bonds is 4. The molecule has 0 spiro atoms. The summed E-state index contributed by atoms with van der Waals surface area (Å²) in [5.74, 6) is 0.269. The fourth-order valence-electron chi connectivity index (χ4n) is 2.49. The Morgan fingerprint density at radius 2 is 2.41 bits per heavy atom. The Morgan fingerprint density at radius 1 is 1.53 bits per heavy atom. The van der Waals surface area contributed by atoms with Gasteiger partial charge in [-0.15, -0.1) is 11.3 Å². The maximum Gasteiger partial charge on any atom is 0.228 e. The molecule has 4 heteroatoms. The van der Waals surface area contributed by atoms with Gasteiger partial charge in [-0.3, -0.25) is 4.79 Å². The van der Waals surface area contributed by atoms with Gasteiger partial charge in [0.2, 0.25) is 5.91 Å². The minimum Gasteiger partial charge on any atom is -0.339 e. The number of carbonyl (C=O) groups is 1. The molecule has 1 aromatic heterocycles. The van der Waals surface area contributed by atoms with E-state index in [1.807, 2.05) is 17.5 Å². The lowest BCUT2D eigenvalue weighted by atomic mass is 9.99. The standard InChI is InChI=1S/C13H20N2OS/c14-7-6-11-4-1-2-8-15(11)13(16)10-12-5-3-9-17-12/h3,5,9,11H,1-2,4,6-8,10,14H2. The van der Waals surface area contributed by atoms with Gasteiger partial charge in [0, 0.05) is 17.5 Å². The number of likely N-dealkylation sites (tertiary alicyclic amines) is 1. The van der Waals surface area contributed by atoms with E-state index < -0.39 is 0 Å². The third kappa shape index (κ3) is 3.30. The average molecular weight is 252 g/mol. The number of thiophene rings is 1. The molecule has 1 aliphatic rings. The van der Waals surface area contributed by atoms with Gasteiger partial charge in [0.25, 0.3) is 0 Å². The second-order valence-corrected chi connectivity index (χ2v) is 5.60. The van der Waals surface area contributed by atoms with Crippen molar-refractivity contribution in [1.29, 1.82) is 0 Å². The highest BCUT2D eigenvalue weighted by atomic mass is 32.1. The van der Waals surface area contributed by atoms with Gasteiger partial charge in [-0.05, 0) is 43.7 Å². The van der Waals surface area contributed by atoms with Gasteiger partial charge in [-0.1, -0.05) is 6.07 Å². The molecule has 1 saturated heterocycles. The Kier molecular flexibility index (Phi) is 4.57. The van der Waals surface area contributed by atoms with Gasteiger partial charge in [-0.2, -0.15) is 0 Å². The lowest BCUT2D eigenvalue weighted by Crippen LogP contribution is -2.45. The van der Waals surface area contributed by atoms with E-state index in [1.54, 1.807) is 11.3 Å². The molecule has 1 aliphatic heterocycles. The highest BCUT2D eigenvalue weighted by molar-refractivity contribution is 7.10. The second-order valence-electron chi connectivity index (χ2n) is 4.57. The maximum atomic E-state index is 12.2. The molecule has 0 saturated carbocycles. The summed E-state index contributed by atoms with van der Waals surface area (Å²) in [5.41, 5.74) is 5.62. The molecule has 1 unspecified atom stereocenters. The van der Waals surface area contributed by atoms with Gasteiger partial charge >= 0.3 is 0 Å². The summed E-state index contributed by atoms with van der Waals surface area (Å²) in [6, 6.07) is 4.41. The summed E-state index contributed by atoms with van der Waals surface area (Å²) in [7, 11) is 0. The van der Waals surface area contributed by atoms with Crippen molar-refractivity contribution in [3.63, 3.8) is 0 Å². The molecular formula is C13H20N2OS. The van der Waals surface area contributed by atoms with Crippen LogP contribution in [0.15, 0.2) is 17.5 Å². The predicted octanol–water partition coefficient (Wildman–Crippen LogP) is 2.02. The number of nitrogens with two attached hydrogens (primary N) is 1. The van der Waals surface area contributed by atoms with E-state index in [-0.39, 0.29) is 5.91 Å². The van der Waals surface area contributed by atoms with Crippen molar-refractivity contribution >= 4 is 17.2 Å². The third-order valence-corrected chi connectivity index (χ3v) is 4.23. The molecular weight excluding hydrogens is 232 g/mol. The Morgan fingerprint density at radius 3 is 3.12 bits per heavy atom. The first-order valence-corrected chi connectivity index (χ1v) is 7.21. The summed E-state index contributed by atoms with van der Waals surface area (Å²) in [5, 5.41) is 2.02. The predicted molar refractivity (Wildman–Crippen MR) is 71.0 cm³/mol. The van der Waals surface area contributed by atoms with Crippen LogP contribution in [0.5, 0.6) is 0 Å². The van der Waals surface area contributed by atoms with Crippen LogP contribution in [0.2, 0.25) is 0 Å². The average Bonchev–Trinajstić information content (AvgIpc) is 2.83. The highest BCUT2D eigenvalue weighted by Crippen LogP contribution is 2.21. The molecule has 2 heterocycles. The van der Waals surface area contributed by atoms with E-state index >= 15 is 0 Å². The molecule has 94 valence electrons. The van der Waals surface area contributed by atoms with Crippen LogP contribution < -0.4 is 5.73 Å². The maximum absolute atomic E-state index is 12.2. The number of piperidine rings is 1. The molecule has 3 nitrogen and oxygen atoms in total. The van der Waals surface area contributed by atoms with Crippen molar-refractivity contribution in [2.75, 3.05) is 13.1 Å². The zero-order valence-corrected chi connectivity index (χ0v) is 10.9. The molecule has 1 atom stereocenters. The zero-order chi connectivity index (χ0) is 12.1. The molecule has 0 aromatic carbocycles. The Bertz CT molecular complexity index is 348. The van der Waals surface area contributed by atoms with E-state index in [0.717, 1.165) is 30.7 Å². The summed E-state index contributed by atoms with van der Waals surface area (Å²) >= 11 is 1.66. The third-order valence-electron chi connectivity index (χ3n) is 3.35. The van der Waals surface area contributed by atoms with Gasteiger partial charge < -0.3 is 10.6 Å². The van der Waals surface area contributed by atoms with Crippen molar-refractivity contribution in [3.8, 4) is 0 Å².